The lowest BCUT2D eigenvalue weighted by atomic mass is 10.2. The van der Waals surface area contributed by atoms with Crippen molar-refractivity contribution in [2.24, 2.45) is 0 Å². The lowest BCUT2D eigenvalue weighted by Gasteiger charge is -2.31. The maximum atomic E-state index is 6.21. The maximum absolute atomic E-state index is 6.21. The van der Waals surface area contributed by atoms with E-state index in [2.05, 4.69) is 22.0 Å². The van der Waals surface area contributed by atoms with Crippen LogP contribution in [0.4, 0.5) is 5.69 Å². The summed E-state index contributed by atoms with van der Waals surface area (Å²) >= 11 is 11.8. The molecule has 0 bridgehead atoms. The number of para-hydroxylation sites is 1. The Morgan fingerprint density at radius 1 is 1.22 bits per heavy atom. The highest BCUT2D eigenvalue weighted by molar-refractivity contribution is 7.80. The normalized spacial score (nSPS) is 12.2. The molecule has 0 aliphatic carbocycles. The van der Waals surface area contributed by atoms with Crippen molar-refractivity contribution < 1.29 is 4.42 Å². The lowest BCUT2D eigenvalue weighted by molar-refractivity contribution is 0.263. The number of nitrogens with zero attached hydrogens (tertiary/aromatic N) is 2. The number of rotatable bonds is 6. The second-order valence-corrected chi connectivity index (χ2v) is 6.39. The van der Waals surface area contributed by atoms with Gasteiger partial charge in [-0.2, -0.15) is 0 Å². The third kappa shape index (κ3) is 4.96. The number of anilines is 1. The van der Waals surface area contributed by atoms with E-state index in [1.54, 1.807) is 6.26 Å². The van der Waals surface area contributed by atoms with Gasteiger partial charge in [-0.3, -0.25) is 0 Å². The molecular formula is C17H22ClN3OS. The molecule has 0 amide bonds. The fraction of sp³-hybridized carbons (Fsp3) is 0.353. The maximum Gasteiger partial charge on any atom is 0.174 e. The smallest absolute Gasteiger partial charge is 0.174 e. The lowest BCUT2D eigenvalue weighted by Crippen LogP contribution is -2.40. The average molecular weight is 352 g/mol. The van der Waals surface area contributed by atoms with Crippen molar-refractivity contribution >= 4 is 34.6 Å². The van der Waals surface area contributed by atoms with Crippen molar-refractivity contribution in [2.45, 2.75) is 13.0 Å². The van der Waals surface area contributed by atoms with E-state index in [-0.39, 0.29) is 6.04 Å². The Morgan fingerprint density at radius 2 is 1.96 bits per heavy atom. The van der Waals surface area contributed by atoms with Gasteiger partial charge < -0.3 is 19.5 Å². The van der Waals surface area contributed by atoms with Gasteiger partial charge in [-0.15, -0.1) is 0 Å². The first-order valence-electron chi connectivity index (χ1n) is 7.49. The minimum absolute atomic E-state index is 0.0347. The first-order chi connectivity index (χ1) is 11.0. The summed E-state index contributed by atoms with van der Waals surface area (Å²) in [6.07, 6.45) is 1.68. The molecule has 2 rings (SSSR count). The SMILES string of the molecule is C[C@@H](c1ccco1)N(CCN(C)C)C(=S)Nc1ccccc1Cl. The number of furan rings is 1. The highest BCUT2D eigenvalue weighted by Gasteiger charge is 2.21. The second-order valence-electron chi connectivity index (χ2n) is 5.60. The van der Waals surface area contributed by atoms with E-state index >= 15 is 0 Å². The van der Waals surface area contributed by atoms with Crippen LogP contribution in [0.5, 0.6) is 0 Å². The molecule has 124 valence electrons. The fourth-order valence-electron chi connectivity index (χ4n) is 2.21. The van der Waals surface area contributed by atoms with Gasteiger partial charge in [0.2, 0.25) is 0 Å². The monoisotopic (exact) mass is 351 g/mol. The Balaban J connectivity index is 2.15. The summed E-state index contributed by atoms with van der Waals surface area (Å²) in [6, 6.07) is 11.5. The Hall–Kier alpha value is -1.56. The molecule has 0 aliphatic rings. The number of hydrogen-bond donors (Lipinski definition) is 1. The van der Waals surface area contributed by atoms with Crippen molar-refractivity contribution in [3.8, 4) is 0 Å². The topological polar surface area (TPSA) is 31.7 Å². The molecule has 0 unspecified atom stereocenters. The zero-order valence-corrected chi connectivity index (χ0v) is 15.2. The van der Waals surface area contributed by atoms with Gasteiger partial charge in [-0.05, 0) is 57.5 Å². The van der Waals surface area contributed by atoms with Crippen LogP contribution in [0.1, 0.15) is 18.7 Å². The number of halogens is 1. The van der Waals surface area contributed by atoms with E-state index in [0.717, 1.165) is 24.5 Å². The zero-order valence-electron chi connectivity index (χ0n) is 13.6. The minimum atomic E-state index is 0.0347. The van der Waals surface area contributed by atoms with E-state index in [4.69, 9.17) is 28.2 Å². The molecule has 1 aromatic heterocycles. The molecule has 1 atom stereocenters. The van der Waals surface area contributed by atoms with E-state index in [0.29, 0.717) is 10.1 Å². The van der Waals surface area contributed by atoms with Crippen molar-refractivity contribution in [3.05, 3.63) is 53.4 Å². The Labute approximate surface area is 148 Å². The van der Waals surface area contributed by atoms with E-state index in [1.165, 1.54) is 0 Å². The van der Waals surface area contributed by atoms with Crippen LogP contribution >= 0.6 is 23.8 Å². The van der Waals surface area contributed by atoms with Crippen LogP contribution in [0, 0.1) is 0 Å². The van der Waals surface area contributed by atoms with Crippen LogP contribution in [0.25, 0.3) is 0 Å². The van der Waals surface area contributed by atoms with Gasteiger partial charge in [0.15, 0.2) is 5.11 Å². The summed E-state index contributed by atoms with van der Waals surface area (Å²) in [6.45, 7) is 3.75. The van der Waals surface area contributed by atoms with Crippen molar-refractivity contribution in [1.29, 1.82) is 0 Å². The van der Waals surface area contributed by atoms with Crippen molar-refractivity contribution in [2.75, 3.05) is 32.5 Å². The van der Waals surface area contributed by atoms with Gasteiger partial charge in [0, 0.05) is 13.1 Å². The molecule has 1 aromatic carbocycles. The van der Waals surface area contributed by atoms with Crippen LogP contribution in [0.2, 0.25) is 5.02 Å². The molecule has 1 N–H and O–H groups in total. The summed E-state index contributed by atoms with van der Waals surface area (Å²) < 4.78 is 5.54. The molecule has 6 heteroatoms. The molecule has 4 nitrogen and oxygen atoms in total. The van der Waals surface area contributed by atoms with Crippen LogP contribution in [-0.2, 0) is 0 Å². The molecule has 2 aromatic rings. The first kappa shape index (κ1) is 17.8. The Bertz CT molecular complexity index is 631. The Kier molecular flexibility index (Phi) is 6.45. The standard InChI is InChI=1S/C17H22ClN3OS/c1-13(16-9-6-12-22-16)21(11-10-20(2)3)17(23)19-15-8-5-4-7-14(15)18/h4-9,12-13H,10-11H2,1-3H3,(H,19,23)/t13-/m0/s1. The van der Waals surface area contributed by atoms with Crippen LogP contribution in [-0.4, -0.2) is 42.1 Å². The van der Waals surface area contributed by atoms with Gasteiger partial charge in [0.05, 0.1) is 23.0 Å². The van der Waals surface area contributed by atoms with E-state index in [1.807, 2.05) is 50.5 Å². The van der Waals surface area contributed by atoms with E-state index in [9.17, 15) is 0 Å². The van der Waals surface area contributed by atoms with Gasteiger partial charge in [-0.25, -0.2) is 0 Å². The summed E-state index contributed by atoms with van der Waals surface area (Å²) in [7, 11) is 4.08. The van der Waals surface area contributed by atoms with Gasteiger partial charge in [0.1, 0.15) is 5.76 Å². The highest BCUT2D eigenvalue weighted by Crippen LogP contribution is 2.24. The van der Waals surface area contributed by atoms with Crippen LogP contribution in [0.15, 0.2) is 47.1 Å². The van der Waals surface area contributed by atoms with Crippen LogP contribution in [0.3, 0.4) is 0 Å². The third-order valence-corrected chi connectivity index (χ3v) is 4.25. The largest absolute Gasteiger partial charge is 0.467 e. The molecule has 0 saturated heterocycles. The number of likely N-dealkylation sites (N-methyl/N-ethyl adjacent to an activating group) is 1. The molecule has 0 aliphatic heterocycles. The predicted molar refractivity (Wildman–Crippen MR) is 100 cm³/mol. The van der Waals surface area contributed by atoms with Crippen molar-refractivity contribution in [1.82, 2.24) is 9.80 Å². The van der Waals surface area contributed by atoms with E-state index < -0.39 is 0 Å². The zero-order chi connectivity index (χ0) is 16.8. The Morgan fingerprint density at radius 3 is 2.57 bits per heavy atom. The number of nitrogens with one attached hydrogen (secondary N) is 1. The first-order valence-corrected chi connectivity index (χ1v) is 8.28. The van der Waals surface area contributed by atoms with Crippen LogP contribution < -0.4 is 5.32 Å². The molecule has 0 fully saturated rings. The van der Waals surface area contributed by atoms with Crippen molar-refractivity contribution in [3.63, 3.8) is 0 Å². The molecule has 0 saturated carbocycles. The summed E-state index contributed by atoms with van der Waals surface area (Å²) in [4.78, 5) is 4.23. The predicted octanol–water partition coefficient (Wildman–Crippen LogP) is 4.25. The van der Waals surface area contributed by atoms with Gasteiger partial charge >= 0.3 is 0 Å². The van der Waals surface area contributed by atoms with Gasteiger partial charge in [-0.1, -0.05) is 23.7 Å². The quantitative estimate of drug-likeness (QED) is 0.786. The second kappa shape index (κ2) is 8.34. The summed E-state index contributed by atoms with van der Waals surface area (Å²) in [5.41, 5.74) is 0.806. The number of thiocarbonyl (C=S) groups is 1. The molecular weight excluding hydrogens is 330 g/mol. The molecule has 0 radical (unpaired) electrons. The number of benzene rings is 1. The summed E-state index contributed by atoms with van der Waals surface area (Å²) in [5, 5.41) is 4.52. The fourth-order valence-corrected chi connectivity index (χ4v) is 2.75. The molecule has 0 spiro atoms. The number of hydrogen-bond acceptors (Lipinski definition) is 3. The third-order valence-electron chi connectivity index (χ3n) is 3.59. The highest BCUT2D eigenvalue weighted by atomic mass is 35.5. The van der Waals surface area contributed by atoms with Gasteiger partial charge in [0.25, 0.3) is 0 Å². The molecule has 23 heavy (non-hydrogen) atoms. The molecule has 1 heterocycles. The minimum Gasteiger partial charge on any atom is -0.467 e. The average Bonchev–Trinajstić information content (AvgIpc) is 3.03. The summed E-state index contributed by atoms with van der Waals surface area (Å²) in [5.74, 6) is 0.882.